The molecule has 3 rings (SSSR count). The summed E-state index contributed by atoms with van der Waals surface area (Å²) in [6.07, 6.45) is 0.982. The first-order valence-corrected chi connectivity index (χ1v) is 8.65. The van der Waals surface area contributed by atoms with Gasteiger partial charge in [0.1, 0.15) is 5.52 Å². The Morgan fingerprint density at radius 3 is 2.73 bits per heavy atom. The molecule has 2 heterocycles. The molecule has 26 heavy (non-hydrogen) atoms. The molecule has 0 fully saturated rings. The van der Waals surface area contributed by atoms with E-state index < -0.39 is 0 Å². The lowest BCUT2D eigenvalue weighted by Crippen LogP contribution is -2.30. The summed E-state index contributed by atoms with van der Waals surface area (Å²) in [7, 11) is 0. The summed E-state index contributed by atoms with van der Waals surface area (Å²) in [6.45, 7) is 5.51. The number of fused-ring (bicyclic) bond motifs is 1. The molecule has 8 nitrogen and oxygen atoms in total. The van der Waals surface area contributed by atoms with Gasteiger partial charge in [-0.3, -0.25) is 14.3 Å². The number of nitrogens with zero attached hydrogens (tertiary/aromatic N) is 5. The molecule has 0 aliphatic rings. The highest BCUT2D eigenvalue weighted by molar-refractivity contribution is 5.77. The van der Waals surface area contributed by atoms with E-state index in [0.717, 1.165) is 24.4 Å². The number of aryl methyl sites for hydroxylation is 4. The van der Waals surface area contributed by atoms with Crippen molar-refractivity contribution in [3.05, 3.63) is 52.1 Å². The number of hydrogen-bond donors (Lipinski definition) is 1. The van der Waals surface area contributed by atoms with Gasteiger partial charge < -0.3 is 5.32 Å². The number of carbonyl (C=O) groups excluding carboxylic acids is 1. The van der Waals surface area contributed by atoms with Gasteiger partial charge in [-0.2, -0.15) is 5.10 Å². The third-order valence-electron chi connectivity index (χ3n) is 4.15. The molecule has 0 aliphatic carbocycles. The van der Waals surface area contributed by atoms with Crippen molar-refractivity contribution >= 4 is 16.8 Å². The van der Waals surface area contributed by atoms with Crippen molar-refractivity contribution in [3.8, 4) is 0 Å². The Hall–Kier alpha value is -3.03. The van der Waals surface area contributed by atoms with Gasteiger partial charge in [0, 0.05) is 25.2 Å². The molecule has 0 unspecified atom stereocenters. The third kappa shape index (κ3) is 4.14. The lowest BCUT2D eigenvalue weighted by molar-refractivity contribution is -0.121. The molecular weight excluding hydrogens is 332 g/mol. The number of hydrogen-bond acceptors (Lipinski definition) is 5. The normalized spacial score (nSPS) is 11.0. The van der Waals surface area contributed by atoms with Gasteiger partial charge in [0.2, 0.25) is 5.91 Å². The largest absolute Gasteiger partial charge is 0.356 e. The van der Waals surface area contributed by atoms with E-state index in [4.69, 9.17) is 0 Å². The van der Waals surface area contributed by atoms with Crippen molar-refractivity contribution < 1.29 is 4.79 Å². The molecule has 3 aromatic rings. The number of carbonyl (C=O) groups is 1. The van der Waals surface area contributed by atoms with Crippen LogP contribution in [0.3, 0.4) is 0 Å². The van der Waals surface area contributed by atoms with Gasteiger partial charge in [0.15, 0.2) is 0 Å². The quantitative estimate of drug-likeness (QED) is 0.644. The standard InChI is InChI=1S/C18H22N6O2/c1-13-12-14(2)23(21-13)10-5-9-19-17(25)8-11-24-18(26)15-6-3-4-7-16(15)20-22-24/h3-4,6-7,12H,5,8-11H2,1-2H3,(H,19,25). The summed E-state index contributed by atoms with van der Waals surface area (Å²) >= 11 is 0. The summed E-state index contributed by atoms with van der Waals surface area (Å²) in [4.78, 5) is 24.3. The maximum absolute atomic E-state index is 12.3. The van der Waals surface area contributed by atoms with Crippen LogP contribution in [0, 0.1) is 13.8 Å². The minimum absolute atomic E-state index is 0.111. The first-order valence-electron chi connectivity index (χ1n) is 8.65. The van der Waals surface area contributed by atoms with Crippen LogP contribution in [0.1, 0.15) is 24.2 Å². The van der Waals surface area contributed by atoms with E-state index in [9.17, 15) is 9.59 Å². The van der Waals surface area contributed by atoms with Crippen molar-refractivity contribution in [2.45, 2.75) is 39.8 Å². The van der Waals surface area contributed by atoms with Crippen LogP contribution in [0.2, 0.25) is 0 Å². The highest BCUT2D eigenvalue weighted by Crippen LogP contribution is 2.04. The summed E-state index contributed by atoms with van der Waals surface area (Å²) in [5.74, 6) is -0.111. The van der Waals surface area contributed by atoms with Gasteiger partial charge in [0.25, 0.3) is 5.56 Å². The highest BCUT2D eigenvalue weighted by Gasteiger charge is 2.07. The second-order valence-corrected chi connectivity index (χ2v) is 6.24. The molecule has 1 N–H and O–H groups in total. The van der Waals surface area contributed by atoms with Gasteiger partial charge in [-0.25, -0.2) is 4.68 Å². The van der Waals surface area contributed by atoms with Crippen LogP contribution in [0.5, 0.6) is 0 Å². The Kier molecular flexibility index (Phi) is 5.40. The topological polar surface area (TPSA) is 94.7 Å². The fourth-order valence-electron chi connectivity index (χ4n) is 2.82. The summed E-state index contributed by atoms with van der Waals surface area (Å²) in [5.41, 5.74) is 2.44. The predicted octanol–water partition coefficient (Wildman–Crippen LogP) is 1.20. The van der Waals surface area contributed by atoms with E-state index in [1.165, 1.54) is 4.68 Å². The van der Waals surface area contributed by atoms with E-state index in [2.05, 4.69) is 20.7 Å². The minimum atomic E-state index is -0.229. The zero-order valence-electron chi connectivity index (χ0n) is 15.0. The summed E-state index contributed by atoms with van der Waals surface area (Å²) in [5, 5.41) is 15.7. The van der Waals surface area contributed by atoms with Crippen molar-refractivity contribution in [2.75, 3.05) is 6.54 Å². The van der Waals surface area contributed by atoms with Crippen molar-refractivity contribution in [2.24, 2.45) is 0 Å². The number of rotatable bonds is 7. The maximum atomic E-state index is 12.3. The van der Waals surface area contributed by atoms with Gasteiger partial charge in [-0.15, -0.1) is 5.10 Å². The molecule has 0 atom stereocenters. The molecule has 0 saturated carbocycles. The van der Waals surface area contributed by atoms with Crippen LogP contribution in [0.4, 0.5) is 0 Å². The Labute approximate surface area is 150 Å². The smallest absolute Gasteiger partial charge is 0.277 e. The van der Waals surface area contributed by atoms with E-state index in [1.54, 1.807) is 24.3 Å². The highest BCUT2D eigenvalue weighted by atomic mass is 16.2. The van der Waals surface area contributed by atoms with E-state index >= 15 is 0 Å². The molecule has 0 saturated heterocycles. The first-order chi connectivity index (χ1) is 12.5. The van der Waals surface area contributed by atoms with Gasteiger partial charge in [0.05, 0.1) is 17.6 Å². The molecule has 136 valence electrons. The minimum Gasteiger partial charge on any atom is -0.356 e. The molecule has 0 radical (unpaired) electrons. The van der Waals surface area contributed by atoms with Gasteiger partial charge >= 0.3 is 0 Å². The molecule has 8 heteroatoms. The zero-order chi connectivity index (χ0) is 18.5. The average molecular weight is 354 g/mol. The zero-order valence-corrected chi connectivity index (χ0v) is 15.0. The van der Waals surface area contributed by atoms with Crippen LogP contribution in [-0.2, 0) is 17.9 Å². The lowest BCUT2D eigenvalue weighted by Gasteiger charge is -2.07. The average Bonchev–Trinajstić information content (AvgIpc) is 2.95. The van der Waals surface area contributed by atoms with Crippen molar-refractivity contribution in [3.63, 3.8) is 0 Å². The molecular formula is C18H22N6O2. The fraction of sp³-hybridized carbons (Fsp3) is 0.389. The van der Waals surface area contributed by atoms with E-state index in [-0.39, 0.29) is 24.4 Å². The fourth-order valence-corrected chi connectivity index (χ4v) is 2.82. The van der Waals surface area contributed by atoms with Crippen LogP contribution in [0.15, 0.2) is 35.1 Å². The van der Waals surface area contributed by atoms with Crippen LogP contribution >= 0.6 is 0 Å². The lowest BCUT2D eigenvalue weighted by atomic mass is 10.2. The number of amides is 1. The van der Waals surface area contributed by atoms with E-state index in [1.807, 2.05) is 24.6 Å². The van der Waals surface area contributed by atoms with Gasteiger partial charge in [-0.05, 0) is 38.5 Å². The number of aromatic nitrogens is 5. The van der Waals surface area contributed by atoms with Gasteiger partial charge in [-0.1, -0.05) is 17.3 Å². The Morgan fingerprint density at radius 1 is 1.15 bits per heavy atom. The third-order valence-corrected chi connectivity index (χ3v) is 4.15. The van der Waals surface area contributed by atoms with Crippen molar-refractivity contribution in [1.82, 2.24) is 30.1 Å². The molecule has 0 aliphatic heterocycles. The Balaban J connectivity index is 1.46. The van der Waals surface area contributed by atoms with Crippen molar-refractivity contribution in [1.29, 1.82) is 0 Å². The maximum Gasteiger partial charge on any atom is 0.277 e. The summed E-state index contributed by atoms with van der Waals surface area (Å²) < 4.78 is 3.17. The predicted molar refractivity (Wildman–Crippen MR) is 97.7 cm³/mol. The Bertz CT molecular complexity index is 975. The summed E-state index contributed by atoms with van der Waals surface area (Å²) in [6, 6.07) is 9.07. The Morgan fingerprint density at radius 2 is 1.96 bits per heavy atom. The van der Waals surface area contributed by atoms with Crippen LogP contribution in [0.25, 0.3) is 10.9 Å². The molecule has 1 amide bonds. The second-order valence-electron chi connectivity index (χ2n) is 6.24. The number of benzene rings is 1. The molecule has 0 bridgehead atoms. The van der Waals surface area contributed by atoms with Crippen LogP contribution < -0.4 is 10.9 Å². The molecule has 0 spiro atoms. The first kappa shape index (κ1) is 17.8. The second kappa shape index (κ2) is 7.90. The SMILES string of the molecule is Cc1cc(C)n(CCCNC(=O)CCn2nnc3ccccc3c2=O)n1. The molecule has 2 aromatic heterocycles. The van der Waals surface area contributed by atoms with E-state index in [0.29, 0.717) is 17.4 Å². The molecule has 1 aromatic carbocycles. The number of nitrogens with one attached hydrogen (secondary N) is 1. The monoisotopic (exact) mass is 354 g/mol. The van der Waals surface area contributed by atoms with Crippen LogP contribution in [-0.4, -0.2) is 37.2 Å².